The fraction of sp³-hybridized carbons (Fsp3) is 0.0556. The summed E-state index contributed by atoms with van der Waals surface area (Å²) in [6.07, 6.45) is 6.75. The van der Waals surface area contributed by atoms with Crippen LogP contribution in [0.25, 0.3) is 44.9 Å². The van der Waals surface area contributed by atoms with Crippen molar-refractivity contribution in [1.82, 2.24) is 4.57 Å². The molecule has 1 aliphatic rings. The molecule has 0 atom stereocenters. The van der Waals surface area contributed by atoms with E-state index in [0.29, 0.717) is 0 Å². The number of hydrogen-bond donors (Lipinski definition) is 1. The molecule has 0 aliphatic heterocycles. The lowest BCUT2D eigenvalue weighted by atomic mass is 9.99. The first-order valence-corrected chi connectivity index (χ1v) is 13.3. The first kappa shape index (κ1) is 22.4. The molecule has 2 heteroatoms. The monoisotopic (exact) mass is 488 g/mol. The van der Waals surface area contributed by atoms with Crippen LogP contribution in [0.3, 0.4) is 0 Å². The van der Waals surface area contributed by atoms with Crippen LogP contribution < -0.4 is 5.32 Å². The quantitative estimate of drug-likeness (QED) is 0.256. The van der Waals surface area contributed by atoms with Gasteiger partial charge in [-0.2, -0.15) is 0 Å². The fourth-order valence-electron chi connectivity index (χ4n) is 5.56. The largest absolute Gasteiger partial charge is 0.356 e. The van der Waals surface area contributed by atoms with E-state index in [2.05, 4.69) is 131 Å². The highest BCUT2D eigenvalue weighted by Crippen LogP contribution is 2.37. The Hall–Kier alpha value is -4.82. The predicted molar refractivity (Wildman–Crippen MR) is 161 cm³/mol. The Kier molecular flexibility index (Phi) is 5.64. The number of nitrogens with zero attached hydrogens (tertiary/aromatic N) is 1. The number of fused-ring (bicyclic) bond motifs is 3. The molecule has 0 bridgehead atoms. The standard InChI is InChI=1S/C36H28N2/c1-3-9-26(10-4-1)27-17-22-32(23-18-27)38-35-14-8-7-13-33(35)34-25-29(19-24-36(34)38)28-15-20-31(21-16-28)37-30-11-5-2-6-12-30/h1-7,9-13,15-25,37H,8,14H2. The van der Waals surface area contributed by atoms with Crippen molar-refractivity contribution in [2.75, 3.05) is 5.32 Å². The highest BCUT2D eigenvalue weighted by molar-refractivity contribution is 5.96. The summed E-state index contributed by atoms with van der Waals surface area (Å²) in [6, 6.07) is 45.5. The van der Waals surface area contributed by atoms with Gasteiger partial charge < -0.3 is 9.88 Å². The number of nitrogens with one attached hydrogen (secondary N) is 1. The molecule has 0 radical (unpaired) electrons. The van der Waals surface area contributed by atoms with Gasteiger partial charge in [-0.05, 0) is 83.6 Å². The van der Waals surface area contributed by atoms with Gasteiger partial charge in [-0.15, -0.1) is 0 Å². The Balaban J connectivity index is 1.26. The van der Waals surface area contributed by atoms with Crippen LogP contribution in [0.2, 0.25) is 0 Å². The van der Waals surface area contributed by atoms with E-state index >= 15 is 0 Å². The van der Waals surface area contributed by atoms with E-state index in [1.807, 2.05) is 18.2 Å². The lowest BCUT2D eigenvalue weighted by Gasteiger charge is -2.14. The van der Waals surface area contributed by atoms with Crippen LogP contribution in [0, 0.1) is 0 Å². The molecule has 0 saturated carbocycles. The maximum Gasteiger partial charge on any atom is 0.0538 e. The van der Waals surface area contributed by atoms with Crippen molar-refractivity contribution >= 4 is 28.4 Å². The number of hydrogen-bond acceptors (Lipinski definition) is 1. The second kappa shape index (κ2) is 9.57. The van der Waals surface area contributed by atoms with E-state index in [1.165, 1.54) is 50.1 Å². The maximum absolute atomic E-state index is 3.48. The first-order valence-electron chi connectivity index (χ1n) is 13.3. The third-order valence-corrected chi connectivity index (χ3v) is 7.45. The summed E-state index contributed by atoms with van der Waals surface area (Å²) in [5.41, 5.74) is 12.4. The Bertz CT molecular complexity index is 1740. The predicted octanol–water partition coefficient (Wildman–Crippen LogP) is 9.67. The molecule has 1 N–H and O–H groups in total. The minimum Gasteiger partial charge on any atom is -0.356 e. The van der Waals surface area contributed by atoms with Gasteiger partial charge in [0.05, 0.1) is 5.52 Å². The summed E-state index contributed by atoms with van der Waals surface area (Å²) < 4.78 is 2.46. The number of anilines is 2. The topological polar surface area (TPSA) is 17.0 Å². The minimum absolute atomic E-state index is 1.05. The SMILES string of the molecule is C1=Cc2c(n(-c3ccc(-c4ccccc4)cc3)c3ccc(-c4ccc(Nc5ccccc5)cc4)cc23)CC1. The Morgan fingerprint density at radius 2 is 1.16 bits per heavy atom. The molecule has 1 aromatic heterocycles. The summed E-state index contributed by atoms with van der Waals surface area (Å²) in [5.74, 6) is 0. The number of allylic oxidation sites excluding steroid dienone is 1. The number of benzene rings is 5. The Morgan fingerprint density at radius 1 is 0.553 bits per heavy atom. The van der Waals surface area contributed by atoms with Crippen LogP contribution in [0.15, 0.2) is 133 Å². The third-order valence-electron chi connectivity index (χ3n) is 7.45. The van der Waals surface area contributed by atoms with Crippen molar-refractivity contribution in [3.63, 3.8) is 0 Å². The smallest absolute Gasteiger partial charge is 0.0538 e. The van der Waals surface area contributed by atoms with E-state index in [0.717, 1.165) is 24.2 Å². The van der Waals surface area contributed by atoms with Crippen LogP contribution in [0.4, 0.5) is 11.4 Å². The van der Waals surface area contributed by atoms with E-state index in [9.17, 15) is 0 Å². The number of rotatable bonds is 5. The molecule has 0 saturated heterocycles. The molecule has 6 aromatic rings. The van der Waals surface area contributed by atoms with Gasteiger partial charge in [-0.3, -0.25) is 0 Å². The lowest BCUT2D eigenvalue weighted by Crippen LogP contribution is -2.02. The second-order valence-electron chi connectivity index (χ2n) is 9.85. The van der Waals surface area contributed by atoms with Gasteiger partial charge in [0.2, 0.25) is 0 Å². The Labute approximate surface area is 223 Å². The highest BCUT2D eigenvalue weighted by Gasteiger charge is 2.19. The van der Waals surface area contributed by atoms with Crippen molar-refractivity contribution in [2.24, 2.45) is 0 Å². The van der Waals surface area contributed by atoms with Crippen LogP contribution in [-0.2, 0) is 6.42 Å². The molecular weight excluding hydrogens is 460 g/mol. The molecule has 5 aromatic carbocycles. The van der Waals surface area contributed by atoms with Crippen molar-refractivity contribution in [3.8, 4) is 27.9 Å². The van der Waals surface area contributed by atoms with Crippen LogP contribution in [0.1, 0.15) is 17.7 Å². The zero-order valence-corrected chi connectivity index (χ0v) is 21.1. The molecule has 0 fully saturated rings. The van der Waals surface area contributed by atoms with Gasteiger partial charge in [0.1, 0.15) is 0 Å². The summed E-state index contributed by atoms with van der Waals surface area (Å²) in [6.45, 7) is 0. The highest BCUT2D eigenvalue weighted by atomic mass is 15.0. The van der Waals surface area contributed by atoms with Gasteiger partial charge >= 0.3 is 0 Å². The van der Waals surface area contributed by atoms with Crippen molar-refractivity contribution in [2.45, 2.75) is 12.8 Å². The van der Waals surface area contributed by atoms with Crippen molar-refractivity contribution in [1.29, 1.82) is 0 Å². The average molecular weight is 489 g/mol. The third kappa shape index (κ3) is 4.10. The maximum atomic E-state index is 3.48. The van der Waals surface area contributed by atoms with Gasteiger partial charge in [-0.25, -0.2) is 0 Å². The summed E-state index contributed by atoms with van der Waals surface area (Å²) in [4.78, 5) is 0. The zero-order valence-electron chi connectivity index (χ0n) is 21.1. The van der Waals surface area contributed by atoms with Gasteiger partial charge in [0.15, 0.2) is 0 Å². The average Bonchev–Trinajstić information content (AvgIpc) is 3.32. The van der Waals surface area contributed by atoms with Gasteiger partial charge in [0.25, 0.3) is 0 Å². The normalized spacial score (nSPS) is 12.4. The summed E-state index contributed by atoms with van der Waals surface area (Å²) in [5, 5.41) is 4.79. The number of aromatic nitrogens is 1. The molecule has 7 rings (SSSR count). The van der Waals surface area contributed by atoms with Crippen LogP contribution in [0.5, 0.6) is 0 Å². The molecule has 0 unspecified atom stereocenters. The van der Waals surface area contributed by atoms with E-state index in [4.69, 9.17) is 0 Å². The van der Waals surface area contributed by atoms with Gasteiger partial charge in [0, 0.05) is 33.7 Å². The molecule has 1 heterocycles. The molecular formula is C36H28N2. The molecule has 1 aliphatic carbocycles. The second-order valence-corrected chi connectivity index (χ2v) is 9.85. The van der Waals surface area contributed by atoms with Crippen molar-refractivity contribution in [3.05, 3.63) is 145 Å². The molecule has 2 nitrogen and oxygen atoms in total. The summed E-state index contributed by atoms with van der Waals surface area (Å²) in [7, 11) is 0. The first-order chi connectivity index (χ1) is 18.8. The summed E-state index contributed by atoms with van der Waals surface area (Å²) >= 11 is 0. The molecule has 0 amide bonds. The number of para-hydroxylation sites is 1. The van der Waals surface area contributed by atoms with Crippen LogP contribution >= 0.6 is 0 Å². The van der Waals surface area contributed by atoms with E-state index in [1.54, 1.807) is 0 Å². The van der Waals surface area contributed by atoms with E-state index in [-0.39, 0.29) is 0 Å². The molecule has 182 valence electrons. The van der Waals surface area contributed by atoms with Crippen LogP contribution in [-0.4, -0.2) is 4.57 Å². The fourth-order valence-corrected chi connectivity index (χ4v) is 5.56. The Morgan fingerprint density at radius 3 is 1.92 bits per heavy atom. The lowest BCUT2D eigenvalue weighted by molar-refractivity contribution is 0.888. The van der Waals surface area contributed by atoms with E-state index < -0.39 is 0 Å². The minimum atomic E-state index is 1.05. The molecule has 0 spiro atoms. The van der Waals surface area contributed by atoms with Crippen molar-refractivity contribution < 1.29 is 0 Å². The zero-order chi connectivity index (χ0) is 25.3. The molecule has 38 heavy (non-hydrogen) atoms. The van der Waals surface area contributed by atoms with Gasteiger partial charge in [-0.1, -0.05) is 91.0 Å².